The molecule has 0 spiro atoms. The lowest BCUT2D eigenvalue weighted by atomic mass is 10.0. The topological polar surface area (TPSA) is 32.3 Å². The zero-order valence-corrected chi connectivity index (χ0v) is 18.2. The smallest absolute Gasteiger partial charge is 0.224 e. The molecule has 3 aromatic carbocycles. The molecule has 0 aromatic heterocycles. The number of halogens is 2. The molecule has 0 saturated carbocycles. The van der Waals surface area contributed by atoms with Crippen molar-refractivity contribution in [3.05, 3.63) is 88.7 Å². The minimum Gasteiger partial charge on any atom is -0.324 e. The Kier molecular flexibility index (Phi) is 7.00. The van der Waals surface area contributed by atoms with Crippen LogP contribution < -0.4 is 5.32 Å². The monoisotopic (exact) mass is 436 g/mol. The van der Waals surface area contributed by atoms with Gasteiger partial charge in [-0.15, -0.1) is 0 Å². The number of carbonyl (C=O) groups excluding carboxylic acids is 1. The highest BCUT2D eigenvalue weighted by atomic mass is 35.5. The van der Waals surface area contributed by atoms with Gasteiger partial charge in [-0.25, -0.2) is 4.39 Å². The highest BCUT2D eigenvalue weighted by Gasteiger charge is 2.12. The predicted molar refractivity (Wildman–Crippen MR) is 125 cm³/mol. The number of nitrogens with one attached hydrogen (secondary N) is 1. The molecule has 1 fully saturated rings. The van der Waals surface area contributed by atoms with Gasteiger partial charge in [0.05, 0.1) is 5.69 Å². The lowest BCUT2D eigenvalue weighted by Gasteiger charge is -2.14. The van der Waals surface area contributed by atoms with Gasteiger partial charge in [-0.3, -0.25) is 9.69 Å². The fraction of sp³-hybridized carbons (Fsp3) is 0.269. The molecule has 0 radical (unpaired) electrons. The Bertz CT molecular complexity index is 1030. The van der Waals surface area contributed by atoms with Crippen LogP contribution in [0.1, 0.15) is 30.4 Å². The molecule has 1 N–H and O–H groups in total. The third-order valence-corrected chi connectivity index (χ3v) is 5.94. The fourth-order valence-corrected chi connectivity index (χ4v) is 4.05. The summed E-state index contributed by atoms with van der Waals surface area (Å²) in [6, 6.07) is 20.5. The number of nitrogens with zero attached hydrogens (tertiary/aromatic N) is 1. The van der Waals surface area contributed by atoms with Gasteiger partial charge in [-0.05, 0) is 78.9 Å². The standard InChI is InChI=1S/C26H26ClFN2O/c27-23-11-8-21(9-12-23)22-10-13-25(24(28)17-22)29-26(31)14-7-19-3-5-20(6-4-19)18-30-15-1-2-16-30/h3-6,8-13,17H,1-2,7,14-16,18H2,(H,29,31). The van der Waals surface area contributed by atoms with E-state index in [-0.39, 0.29) is 11.6 Å². The Morgan fingerprint density at radius 3 is 2.23 bits per heavy atom. The summed E-state index contributed by atoms with van der Waals surface area (Å²) >= 11 is 5.91. The number of rotatable bonds is 7. The maximum atomic E-state index is 14.5. The molecule has 1 heterocycles. The van der Waals surface area contributed by atoms with E-state index in [4.69, 9.17) is 11.6 Å². The number of benzene rings is 3. The molecule has 1 aliphatic heterocycles. The van der Waals surface area contributed by atoms with Crippen LogP contribution in [-0.2, 0) is 17.8 Å². The van der Waals surface area contributed by atoms with Gasteiger partial charge < -0.3 is 5.32 Å². The largest absolute Gasteiger partial charge is 0.324 e. The van der Waals surface area contributed by atoms with Gasteiger partial charge in [0.15, 0.2) is 0 Å². The molecule has 1 amide bonds. The quantitative estimate of drug-likeness (QED) is 0.470. The maximum Gasteiger partial charge on any atom is 0.224 e. The molecule has 3 aromatic rings. The Labute approximate surface area is 187 Å². The van der Waals surface area contributed by atoms with Gasteiger partial charge >= 0.3 is 0 Å². The fourth-order valence-electron chi connectivity index (χ4n) is 3.92. The third kappa shape index (κ3) is 5.93. The number of carbonyl (C=O) groups is 1. The summed E-state index contributed by atoms with van der Waals surface area (Å²) in [6.07, 6.45) is 3.51. The van der Waals surface area contributed by atoms with E-state index in [9.17, 15) is 9.18 Å². The van der Waals surface area contributed by atoms with E-state index in [2.05, 4.69) is 34.5 Å². The van der Waals surface area contributed by atoms with E-state index in [0.717, 1.165) is 23.2 Å². The van der Waals surface area contributed by atoms with Crippen LogP contribution >= 0.6 is 11.6 Å². The van der Waals surface area contributed by atoms with E-state index < -0.39 is 5.82 Å². The van der Waals surface area contributed by atoms with Gasteiger partial charge in [0.25, 0.3) is 0 Å². The van der Waals surface area contributed by atoms with Crippen molar-refractivity contribution >= 4 is 23.2 Å². The van der Waals surface area contributed by atoms with Crippen LogP contribution in [0.25, 0.3) is 11.1 Å². The Balaban J connectivity index is 1.29. The Morgan fingerprint density at radius 1 is 0.903 bits per heavy atom. The van der Waals surface area contributed by atoms with Gasteiger partial charge in [0.1, 0.15) is 5.82 Å². The number of likely N-dealkylation sites (tertiary alicyclic amines) is 1. The number of hydrogen-bond donors (Lipinski definition) is 1. The van der Waals surface area contributed by atoms with Crippen molar-refractivity contribution in [2.75, 3.05) is 18.4 Å². The molecular formula is C26H26ClFN2O. The summed E-state index contributed by atoms with van der Waals surface area (Å²) in [4.78, 5) is 14.8. The van der Waals surface area contributed by atoms with E-state index in [1.54, 1.807) is 24.3 Å². The molecule has 0 aliphatic carbocycles. The van der Waals surface area contributed by atoms with Crippen molar-refractivity contribution in [1.82, 2.24) is 4.90 Å². The maximum absolute atomic E-state index is 14.5. The SMILES string of the molecule is O=C(CCc1ccc(CN2CCCC2)cc1)Nc1ccc(-c2ccc(Cl)cc2)cc1F. The molecule has 160 valence electrons. The summed E-state index contributed by atoms with van der Waals surface area (Å²) in [6.45, 7) is 3.35. The van der Waals surface area contributed by atoms with Crippen LogP contribution in [-0.4, -0.2) is 23.9 Å². The van der Waals surface area contributed by atoms with E-state index in [1.165, 1.54) is 37.6 Å². The summed E-state index contributed by atoms with van der Waals surface area (Å²) < 4.78 is 14.5. The molecule has 3 nitrogen and oxygen atoms in total. The lowest BCUT2D eigenvalue weighted by molar-refractivity contribution is -0.116. The van der Waals surface area contributed by atoms with Crippen LogP contribution in [0.5, 0.6) is 0 Å². The minimum atomic E-state index is -0.452. The average Bonchev–Trinajstić information content (AvgIpc) is 3.28. The first-order valence-corrected chi connectivity index (χ1v) is 11.1. The number of hydrogen-bond acceptors (Lipinski definition) is 2. The molecule has 1 saturated heterocycles. The van der Waals surface area contributed by atoms with E-state index in [0.29, 0.717) is 17.9 Å². The highest BCUT2D eigenvalue weighted by molar-refractivity contribution is 6.30. The van der Waals surface area contributed by atoms with Crippen LogP contribution in [0.3, 0.4) is 0 Å². The molecule has 0 atom stereocenters. The first-order chi connectivity index (χ1) is 15.1. The van der Waals surface area contributed by atoms with Crippen molar-refractivity contribution in [3.8, 4) is 11.1 Å². The average molecular weight is 437 g/mol. The van der Waals surface area contributed by atoms with Crippen LogP contribution in [0.15, 0.2) is 66.7 Å². The number of anilines is 1. The molecule has 0 unspecified atom stereocenters. The first kappa shape index (κ1) is 21.5. The second-order valence-corrected chi connectivity index (χ2v) is 8.49. The van der Waals surface area contributed by atoms with Crippen LogP contribution in [0.4, 0.5) is 10.1 Å². The predicted octanol–water partition coefficient (Wildman–Crippen LogP) is 6.31. The number of amides is 1. The summed E-state index contributed by atoms with van der Waals surface area (Å²) in [5, 5.41) is 3.32. The Morgan fingerprint density at radius 2 is 1.55 bits per heavy atom. The van der Waals surface area contributed by atoms with Gasteiger partial charge in [-0.2, -0.15) is 0 Å². The minimum absolute atomic E-state index is 0.195. The van der Waals surface area contributed by atoms with Crippen molar-refractivity contribution in [1.29, 1.82) is 0 Å². The molecule has 1 aliphatic rings. The summed E-state index contributed by atoms with van der Waals surface area (Å²) in [5.74, 6) is -0.647. The third-order valence-electron chi connectivity index (χ3n) is 5.69. The molecule has 4 rings (SSSR count). The molecule has 0 bridgehead atoms. The highest BCUT2D eigenvalue weighted by Crippen LogP contribution is 2.26. The second-order valence-electron chi connectivity index (χ2n) is 8.05. The van der Waals surface area contributed by atoms with Crippen LogP contribution in [0.2, 0.25) is 5.02 Å². The normalized spacial score (nSPS) is 14.0. The number of aryl methyl sites for hydroxylation is 1. The molecular weight excluding hydrogens is 411 g/mol. The Hall–Kier alpha value is -2.69. The van der Waals surface area contributed by atoms with E-state index >= 15 is 0 Å². The van der Waals surface area contributed by atoms with Crippen molar-refractivity contribution in [3.63, 3.8) is 0 Å². The first-order valence-electron chi connectivity index (χ1n) is 10.7. The summed E-state index contributed by atoms with van der Waals surface area (Å²) in [7, 11) is 0. The van der Waals surface area contributed by atoms with Gasteiger partial charge in [0, 0.05) is 18.0 Å². The van der Waals surface area contributed by atoms with Crippen molar-refractivity contribution in [2.45, 2.75) is 32.2 Å². The van der Waals surface area contributed by atoms with Gasteiger partial charge in [0.2, 0.25) is 5.91 Å². The van der Waals surface area contributed by atoms with E-state index in [1.807, 2.05) is 12.1 Å². The van der Waals surface area contributed by atoms with Gasteiger partial charge in [-0.1, -0.05) is 54.1 Å². The zero-order valence-electron chi connectivity index (χ0n) is 17.4. The van der Waals surface area contributed by atoms with Crippen molar-refractivity contribution < 1.29 is 9.18 Å². The summed E-state index contributed by atoms with van der Waals surface area (Å²) in [5.41, 5.74) is 4.22. The van der Waals surface area contributed by atoms with Crippen LogP contribution in [0, 0.1) is 5.82 Å². The zero-order chi connectivity index (χ0) is 21.6. The second kappa shape index (κ2) is 10.1. The molecule has 5 heteroatoms. The lowest BCUT2D eigenvalue weighted by Crippen LogP contribution is -2.18. The van der Waals surface area contributed by atoms with Crippen molar-refractivity contribution in [2.24, 2.45) is 0 Å². The molecule has 31 heavy (non-hydrogen) atoms.